The average Bonchev–Trinajstić information content (AvgIpc) is 2.35. The highest BCUT2D eigenvalue weighted by Gasteiger charge is 2.17. The maximum atomic E-state index is 10.5. The molecule has 1 nitrogen and oxygen atoms in total. The number of unbranched alkanes of at least 4 members (excludes halogenated alkanes) is 1. The Hall–Kier alpha value is -0.980. The predicted octanol–water partition coefficient (Wildman–Crippen LogP) is 5.93. The van der Waals surface area contributed by atoms with E-state index in [9.17, 15) is 5.11 Å². The van der Waals surface area contributed by atoms with E-state index >= 15 is 0 Å². The van der Waals surface area contributed by atoms with Crippen LogP contribution in [0.3, 0.4) is 0 Å². The molecule has 1 rings (SSSR count). The van der Waals surface area contributed by atoms with Gasteiger partial charge in [0.2, 0.25) is 0 Å². The van der Waals surface area contributed by atoms with Gasteiger partial charge in [-0.25, -0.2) is 0 Å². The maximum Gasteiger partial charge on any atom is 0.122 e. The highest BCUT2D eigenvalue weighted by molar-refractivity contribution is 5.47. The van der Waals surface area contributed by atoms with Crippen molar-refractivity contribution < 1.29 is 5.11 Å². The third kappa shape index (κ3) is 3.99. The quantitative estimate of drug-likeness (QED) is 0.673. The lowest BCUT2D eigenvalue weighted by Gasteiger charge is -2.21. The summed E-state index contributed by atoms with van der Waals surface area (Å²) in [6.07, 6.45) is 3.60. The molecular formula is C18H30O. The topological polar surface area (TPSA) is 20.2 Å². The smallest absolute Gasteiger partial charge is 0.122 e. The van der Waals surface area contributed by atoms with Crippen LogP contribution >= 0.6 is 0 Å². The maximum absolute atomic E-state index is 10.5. The Morgan fingerprint density at radius 3 is 2.00 bits per heavy atom. The van der Waals surface area contributed by atoms with Crippen molar-refractivity contribution in [3.8, 4) is 5.75 Å². The number of hydrogen-bond donors (Lipinski definition) is 1. The van der Waals surface area contributed by atoms with Gasteiger partial charge in [-0.05, 0) is 40.9 Å². The standard InChI is InChI=1S/C18H30O/c1-7-8-9-14(6)17-11-15(12(2)3)10-16(13(4)5)18(17)19/h10-14,19H,7-9H2,1-6H3. The molecule has 0 aromatic heterocycles. The van der Waals surface area contributed by atoms with E-state index in [2.05, 4.69) is 53.7 Å². The lowest BCUT2D eigenvalue weighted by Crippen LogP contribution is -2.02. The van der Waals surface area contributed by atoms with Crippen LogP contribution in [0.25, 0.3) is 0 Å². The highest BCUT2D eigenvalue weighted by Crippen LogP contribution is 2.38. The fraction of sp³-hybridized carbons (Fsp3) is 0.667. The van der Waals surface area contributed by atoms with Crippen LogP contribution in [-0.2, 0) is 0 Å². The van der Waals surface area contributed by atoms with Crippen molar-refractivity contribution in [1.82, 2.24) is 0 Å². The normalized spacial score (nSPS) is 13.3. The molecule has 1 unspecified atom stereocenters. The lowest BCUT2D eigenvalue weighted by molar-refractivity contribution is 0.448. The lowest BCUT2D eigenvalue weighted by atomic mass is 9.86. The van der Waals surface area contributed by atoms with Gasteiger partial charge in [-0.15, -0.1) is 0 Å². The molecule has 0 bridgehead atoms. The molecule has 108 valence electrons. The number of hydrogen-bond acceptors (Lipinski definition) is 1. The molecule has 0 saturated carbocycles. The van der Waals surface area contributed by atoms with Gasteiger partial charge in [0.1, 0.15) is 5.75 Å². The molecule has 0 radical (unpaired) electrons. The highest BCUT2D eigenvalue weighted by atomic mass is 16.3. The van der Waals surface area contributed by atoms with Crippen LogP contribution in [0, 0.1) is 0 Å². The fourth-order valence-electron chi connectivity index (χ4n) is 2.52. The first-order valence-corrected chi connectivity index (χ1v) is 7.75. The Morgan fingerprint density at radius 2 is 1.53 bits per heavy atom. The molecular weight excluding hydrogens is 232 g/mol. The molecule has 1 heteroatoms. The van der Waals surface area contributed by atoms with E-state index in [0.29, 0.717) is 23.5 Å². The van der Waals surface area contributed by atoms with Gasteiger partial charge in [0, 0.05) is 0 Å². The predicted molar refractivity (Wildman–Crippen MR) is 84.2 cm³/mol. The summed E-state index contributed by atoms with van der Waals surface area (Å²) in [6, 6.07) is 4.40. The minimum atomic E-state index is 0.371. The molecule has 1 N–H and O–H groups in total. The SMILES string of the molecule is CCCCC(C)c1cc(C(C)C)cc(C(C)C)c1O. The van der Waals surface area contributed by atoms with Gasteiger partial charge in [0.05, 0.1) is 0 Å². The van der Waals surface area contributed by atoms with E-state index < -0.39 is 0 Å². The summed E-state index contributed by atoms with van der Waals surface area (Å²) in [4.78, 5) is 0. The van der Waals surface area contributed by atoms with E-state index in [1.165, 1.54) is 18.4 Å². The Labute approximate surface area is 119 Å². The van der Waals surface area contributed by atoms with Crippen LogP contribution in [0.15, 0.2) is 12.1 Å². The Bertz CT molecular complexity index is 404. The van der Waals surface area contributed by atoms with Gasteiger partial charge in [0.25, 0.3) is 0 Å². The van der Waals surface area contributed by atoms with Gasteiger partial charge in [-0.1, -0.05) is 66.5 Å². The molecule has 1 atom stereocenters. The molecule has 0 amide bonds. The third-order valence-corrected chi connectivity index (χ3v) is 4.00. The first-order chi connectivity index (χ1) is 8.88. The molecule has 0 heterocycles. The van der Waals surface area contributed by atoms with Crippen LogP contribution in [0.5, 0.6) is 5.75 Å². The molecule has 0 spiro atoms. The van der Waals surface area contributed by atoms with E-state index in [1.54, 1.807) is 0 Å². The fourth-order valence-corrected chi connectivity index (χ4v) is 2.52. The Morgan fingerprint density at radius 1 is 0.947 bits per heavy atom. The molecule has 0 aliphatic carbocycles. The third-order valence-electron chi connectivity index (χ3n) is 4.00. The van der Waals surface area contributed by atoms with Crippen molar-refractivity contribution in [3.63, 3.8) is 0 Å². The summed E-state index contributed by atoms with van der Waals surface area (Å²) >= 11 is 0. The summed E-state index contributed by atoms with van der Waals surface area (Å²) in [5.41, 5.74) is 3.59. The van der Waals surface area contributed by atoms with Crippen molar-refractivity contribution in [1.29, 1.82) is 0 Å². The second-order valence-corrected chi connectivity index (χ2v) is 6.40. The van der Waals surface area contributed by atoms with E-state index in [4.69, 9.17) is 0 Å². The number of rotatable bonds is 6. The zero-order valence-corrected chi connectivity index (χ0v) is 13.5. The molecule has 19 heavy (non-hydrogen) atoms. The van der Waals surface area contributed by atoms with Gasteiger partial charge >= 0.3 is 0 Å². The second kappa shape index (κ2) is 6.98. The Kier molecular flexibility index (Phi) is 5.90. The molecule has 0 saturated heterocycles. The van der Waals surface area contributed by atoms with Gasteiger partial charge in [-0.2, -0.15) is 0 Å². The molecule has 0 aliphatic rings. The second-order valence-electron chi connectivity index (χ2n) is 6.40. The minimum Gasteiger partial charge on any atom is -0.507 e. The van der Waals surface area contributed by atoms with E-state index in [-0.39, 0.29) is 0 Å². The number of phenolic OH excluding ortho intramolecular Hbond substituents is 1. The molecule has 0 fully saturated rings. The van der Waals surface area contributed by atoms with Crippen LogP contribution < -0.4 is 0 Å². The summed E-state index contributed by atoms with van der Waals surface area (Å²) in [7, 11) is 0. The van der Waals surface area contributed by atoms with Crippen LogP contribution in [0.4, 0.5) is 0 Å². The molecule has 1 aromatic rings. The summed E-state index contributed by atoms with van der Waals surface area (Å²) in [5.74, 6) is 1.85. The van der Waals surface area contributed by atoms with Gasteiger partial charge in [-0.3, -0.25) is 0 Å². The van der Waals surface area contributed by atoms with Crippen molar-refractivity contribution in [2.24, 2.45) is 0 Å². The summed E-state index contributed by atoms with van der Waals surface area (Å²) in [6.45, 7) is 13.2. The first-order valence-electron chi connectivity index (χ1n) is 7.75. The van der Waals surface area contributed by atoms with E-state index in [0.717, 1.165) is 17.5 Å². The zero-order chi connectivity index (χ0) is 14.6. The summed E-state index contributed by atoms with van der Waals surface area (Å²) < 4.78 is 0. The van der Waals surface area contributed by atoms with Gasteiger partial charge in [0.15, 0.2) is 0 Å². The number of benzene rings is 1. The van der Waals surface area contributed by atoms with Crippen molar-refractivity contribution in [2.45, 2.75) is 78.6 Å². The molecule has 0 aliphatic heterocycles. The number of phenols is 1. The van der Waals surface area contributed by atoms with Crippen molar-refractivity contribution in [2.75, 3.05) is 0 Å². The average molecular weight is 262 g/mol. The minimum absolute atomic E-state index is 0.371. The number of aromatic hydroxyl groups is 1. The van der Waals surface area contributed by atoms with Crippen LogP contribution in [0.2, 0.25) is 0 Å². The van der Waals surface area contributed by atoms with Crippen molar-refractivity contribution >= 4 is 0 Å². The molecule has 1 aromatic carbocycles. The van der Waals surface area contributed by atoms with Gasteiger partial charge < -0.3 is 5.11 Å². The van der Waals surface area contributed by atoms with Crippen LogP contribution in [-0.4, -0.2) is 5.11 Å². The van der Waals surface area contributed by atoms with E-state index in [1.807, 2.05) is 0 Å². The zero-order valence-electron chi connectivity index (χ0n) is 13.5. The largest absolute Gasteiger partial charge is 0.507 e. The van der Waals surface area contributed by atoms with Crippen molar-refractivity contribution in [3.05, 3.63) is 28.8 Å². The Balaban J connectivity index is 3.21. The van der Waals surface area contributed by atoms with Crippen LogP contribution in [0.1, 0.15) is 95.2 Å². The monoisotopic (exact) mass is 262 g/mol. The summed E-state index contributed by atoms with van der Waals surface area (Å²) in [5, 5.41) is 10.5. The first kappa shape index (κ1) is 16.1.